The summed E-state index contributed by atoms with van der Waals surface area (Å²) >= 11 is 0. The summed E-state index contributed by atoms with van der Waals surface area (Å²) in [6.07, 6.45) is 2.89. The van der Waals surface area contributed by atoms with Crippen molar-refractivity contribution in [2.45, 2.75) is 31.8 Å². The van der Waals surface area contributed by atoms with Crippen molar-refractivity contribution < 1.29 is 14.6 Å². The molecule has 1 aromatic carbocycles. The van der Waals surface area contributed by atoms with Gasteiger partial charge in [0, 0.05) is 25.2 Å². The molecule has 1 spiro atoms. The van der Waals surface area contributed by atoms with E-state index in [1.165, 1.54) is 0 Å². The second-order valence-corrected chi connectivity index (χ2v) is 7.97. The zero-order valence-electron chi connectivity index (χ0n) is 15.9. The summed E-state index contributed by atoms with van der Waals surface area (Å²) in [7, 11) is 4.05. The highest BCUT2D eigenvalue weighted by molar-refractivity contribution is 5.74. The normalized spacial score (nSPS) is 22.8. The number of rotatable bonds is 7. The van der Waals surface area contributed by atoms with Crippen molar-refractivity contribution in [3.63, 3.8) is 0 Å². The molecule has 2 saturated heterocycles. The molecule has 2 N–H and O–H groups in total. The number of carboxylic acid groups (broad SMARTS) is 1. The molecule has 0 amide bonds. The van der Waals surface area contributed by atoms with Crippen LogP contribution < -0.4 is 10.1 Å². The van der Waals surface area contributed by atoms with Crippen molar-refractivity contribution in [3.8, 4) is 5.75 Å². The number of nitrogens with one attached hydrogen (secondary N) is 1. The average molecular weight is 361 g/mol. The lowest BCUT2D eigenvalue weighted by Gasteiger charge is -2.33. The van der Waals surface area contributed by atoms with Gasteiger partial charge in [0.2, 0.25) is 0 Å². The third-order valence-corrected chi connectivity index (χ3v) is 5.70. The minimum atomic E-state index is -0.702. The molecular weight excluding hydrogens is 330 g/mol. The summed E-state index contributed by atoms with van der Waals surface area (Å²) in [5.74, 6) is 0.163. The molecular formula is C20H31N3O3. The van der Waals surface area contributed by atoms with E-state index in [1.54, 1.807) is 0 Å². The molecule has 0 radical (unpaired) electrons. The zero-order chi connectivity index (χ0) is 18.6. The van der Waals surface area contributed by atoms with Gasteiger partial charge in [-0.15, -0.1) is 0 Å². The smallest absolute Gasteiger partial charge is 0.320 e. The third-order valence-electron chi connectivity index (χ3n) is 5.70. The number of likely N-dealkylation sites (tertiary alicyclic amines) is 1. The van der Waals surface area contributed by atoms with E-state index in [1.807, 2.05) is 32.3 Å². The number of hydrogen-bond acceptors (Lipinski definition) is 5. The first kappa shape index (κ1) is 19.1. The molecule has 1 unspecified atom stereocenters. The standard InChI is InChI=1S/C20H31N3O3/c1-22(2)11-12-26-18-6-4-3-5-16(18)14-23-15-20(7-9-21-10-8-20)13-17(23)19(24)25/h3-6,17,21H,7-15H2,1-2H3,(H,24,25). The monoisotopic (exact) mass is 361 g/mol. The lowest BCUT2D eigenvalue weighted by atomic mass is 9.77. The van der Waals surface area contributed by atoms with Gasteiger partial charge in [-0.2, -0.15) is 0 Å². The lowest BCUT2D eigenvalue weighted by molar-refractivity contribution is -0.142. The number of ether oxygens (including phenoxy) is 1. The Kier molecular flexibility index (Phi) is 6.16. The van der Waals surface area contributed by atoms with Gasteiger partial charge in [0.25, 0.3) is 0 Å². The Bertz CT molecular complexity index is 614. The minimum Gasteiger partial charge on any atom is -0.492 e. The number of aliphatic carboxylic acids is 1. The quantitative estimate of drug-likeness (QED) is 0.770. The first-order chi connectivity index (χ1) is 12.5. The van der Waals surface area contributed by atoms with Crippen molar-refractivity contribution in [2.24, 2.45) is 5.41 Å². The van der Waals surface area contributed by atoms with Crippen molar-refractivity contribution >= 4 is 5.97 Å². The molecule has 2 heterocycles. The van der Waals surface area contributed by atoms with Crippen LogP contribution in [0, 0.1) is 5.41 Å². The van der Waals surface area contributed by atoms with Crippen molar-refractivity contribution in [2.75, 3.05) is 46.9 Å². The van der Waals surface area contributed by atoms with Gasteiger partial charge in [0.05, 0.1) is 0 Å². The molecule has 3 rings (SSSR count). The van der Waals surface area contributed by atoms with Crippen LogP contribution in [0.5, 0.6) is 5.75 Å². The first-order valence-electron chi connectivity index (χ1n) is 9.52. The number of para-hydroxylation sites is 1. The van der Waals surface area contributed by atoms with E-state index >= 15 is 0 Å². The molecule has 2 fully saturated rings. The van der Waals surface area contributed by atoms with Gasteiger partial charge in [-0.3, -0.25) is 9.69 Å². The SMILES string of the molecule is CN(C)CCOc1ccccc1CN1CC2(CCNCC2)CC1C(=O)O. The fraction of sp³-hybridized carbons (Fsp3) is 0.650. The molecule has 1 atom stereocenters. The fourth-order valence-electron chi connectivity index (χ4n) is 4.21. The third kappa shape index (κ3) is 4.55. The average Bonchev–Trinajstić information content (AvgIpc) is 2.95. The first-order valence-corrected chi connectivity index (χ1v) is 9.52. The Balaban J connectivity index is 1.71. The van der Waals surface area contributed by atoms with Crippen LogP contribution in [0.3, 0.4) is 0 Å². The van der Waals surface area contributed by atoms with Gasteiger partial charge in [0.1, 0.15) is 18.4 Å². The van der Waals surface area contributed by atoms with E-state index in [9.17, 15) is 9.90 Å². The van der Waals surface area contributed by atoms with Crippen LogP contribution in [0.2, 0.25) is 0 Å². The number of benzene rings is 1. The minimum absolute atomic E-state index is 0.148. The molecule has 144 valence electrons. The molecule has 6 heteroatoms. The van der Waals surface area contributed by atoms with E-state index in [0.29, 0.717) is 13.2 Å². The Labute approximate surface area is 156 Å². The van der Waals surface area contributed by atoms with E-state index < -0.39 is 12.0 Å². The van der Waals surface area contributed by atoms with Gasteiger partial charge < -0.3 is 20.1 Å². The molecule has 1 aromatic rings. The number of carboxylic acids is 1. The zero-order valence-corrected chi connectivity index (χ0v) is 15.9. The van der Waals surface area contributed by atoms with Crippen LogP contribution in [0.4, 0.5) is 0 Å². The molecule has 0 aliphatic carbocycles. The van der Waals surface area contributed by atoms with Crippen molar-refractivity contribution in [3.05, 3.63) is 29.8 Å². The fourth-order valence-corrected chi connectivity index (χ4v) is 4.21. The maximum absolute atomic E-state index is 11.9. The molecule has 6 nitrogen and oxygen atoms in total. The maximum Gasteiger partial charge on any atom is 0.320 e. The largest absolute Gasteiger partial charge is 0.492 e. The van der Waals surface area contributed by atoms with E-state index in [0.717, 1.165) is 56.8 Å². The highest BCUT2D eigenvalue weighted by Crippen LogP contribution is 2.43. The second kappa shape index (κ2) is 8.37. The Morgan fingerprint density at radius 1 is 1.35 bits per heavy atom. The topological polar surface area (TPSA) is 65.0 Å². The van der Waals surface area contributed by atoms with Crippen LogP contribution in [0.15, 0.2) is 24.3 Å². The highest BCUT2D eigenvalue weighted by atomic mass is 16.5. The molecule has 2 aliphatic heterocycles. The van der Waals surface area contributed by atoms with Crippen LogP contribution in [-0.2, 0) is 11.3 Å². The highest BCUT2D eigenvalue weighted by Gasteiger charge is 2.47. The van der Waals surface area contributed by atoms with Crippen LogP contribution in [0.1, 0.15) is 24.8 Å². The van der Waals surface area contributed by atoms with Crippen LogP contribution in [-0.4, -0.2) is 73.8 Å². The number of hydrogen-bond donors (Lipinski definition) is 2. The van der Waals surface area contributed by atoms with E-state index in [-0.39, 0.29) is 5.41 Å². The molecule has 0 bridgehead atoms. The summed E-state index contributed by atoms with van der Waals surface area (Å²) in [4.78, 5) is 16.1. The van der Waals surface area contributed by atoms with Gasteiger partial charge in [0.15, 0.2) is 0 Å². The molecule has 2 aliphatic rings. The lowest BCUT2D eigenvalue weighted by Crippen LogP contribution is -2.38. The van der Waals surface area contributed by atoms with E-state index in [4.69, 9.17) is 4.74 Å². The number of carbonyl (C=O) groups is 1. The summed E-state index contributed by atoms with van der Waals surface area (Å²) in [5.41, 5.74) is 1.22. The molecule has 0 saturated carbocycles. The Morgan fingerprint density at radius 2 is 2.08 bits per heavy atom. The number of likely N-dealkylation sites (N-methyl/N-ethyl adjacent to an activating group) is 1. The number of nitrogens with zero attached hydrogens (tertiary/aromatic N) is 2. The van der Waals surface area contributed by atoms with Crippen LogP contribution >= 0.6 is 0 Å². The summed E-state index contributed by atoms with van der Waals surface area (Å²) < 4.78 is 5.97. The predicted octanol–water partition coefficient (Wildman–Crippen LogP) is 1.66. The Morgan fingerprint density at radius 3 is 2.77 bits per heavy atom. The van der Waals surface area contributed by atoms with Gasteiger partial charge in [-0.25, -0.2) is 0 Å². The van der Waals surface area contributed by atoms with Gasteiger partial charge in [-0.05, 0) is 57.9 Å². The second-order valence-electron chi connectivity index (χ2n) is 7.97. The molecule has 26 heavy (non-hydrogen) atoms. The van der Waals surface area contributed by atoms with Crippen molar-refractivity contribution in [1.82, 2.24) is 15.1 Å². The van der Waals surface area contributed by atoms with Gasteiger partial charge in [-0.1, -0.05) is 18.2 Å². The number of piperidine rings is 1. The van der Waals surface area contributed by atoms with E-state index in [2.05, 4.69) is 21.2 Å². The molecule has 0 aromatic heterocycles. The summed E-state index contributed by atoms with van der Waals surface area (Å²) in [6, 6.07) is 7.61. The maximum atomic E-state index is 11.9. The predicted molar refractivity (Wildman–Crippen MR) is 101 cm³/mol. The van der Waals surface area contributed by atoms with Crippen LogP contribution in [0.25, 0.3) is 0 Å². The summed E-state index contributed by atoms with van der Waals surface area (Å²) in [5, 5.41) is 13.1. The van der Waals surface area contributed by atoms with Crippen molar-refractivity contribution in [1.29, 1.82) is 0 Å². The Hall–Kier alpha value is -1.63. The van der Waals surface area contributed by atoms with Gasteiger partial charge >= 0.3 is 5.97 Å². The summed E-state index contributed by atoms with van der Waals surface area (Å²) in [6.45, 7) is 4.95.